The Bertz CT molecular complexity index is 612. The van der Waals surface area contributed by atoms with Crippen molar-refractivity contribution in [1.29, 1.82) is 0 Å². The number of rotatable bonds is 5. The molecule has 6 nitrogen and oxygen atoms in total. The largest absolute Gasteiger partial charge is 0.740 e. The van der Waals surface area contributed by atoms with E-state index in [9.17, 15) is 17.8 Å². The Labute approximate surface area is 125 Å². The van der Waals surface area contributed by atoms with Gasteiger partial charge >= 0.3 is 5.24 Å². The average Bonchev–Trinajstić information content (AvgIpc) is 2.39. The standard InChI is InChI=1S/C14H21NO5S/c1-5-12-8-6-7-10(2)13(12)15(11(3)9-20-4)14(16)21(17,18)19/h6-8,11H,5,9H2,1-4H3,(H,17,18,19)/p-1. The zero-order valence-corrected chi connectivity index (χ0v) is 13.4. The lowest BCUT2D eigenvalue weighted by atomic mass is 10.0. The first kappa shape index (κ1) is 17.6. The third kappa shape index (κ3) is 4.03. The molecule has 0 radical (unpaired) electrons. The van der Waals surface area contributed by atoms with Gasteiger partial charge in [0.15, 0.2) is 10.1 Å². The van der Waals surface area contributed by atoms with E-state index in [1.54, 1.807) is 26.0 Å². The maximum absolute atomic E-state index is 12.1. The molecule has 1 amide bonds. The first-order chi connectivity index (χ1) is 9.73. The van der Waals surface area contributed by atoms with E-state index < -0.39 is 21.4 Å². The summed E-state index contributed by atoms with van der Waals surface area (Å²) < 4.78 is 38.5. The zero-order valence-electron chi connectivity index (χ0n) is 12.6. The molecule has 0 bridgehead atoms. The fourth-order valence-electron chi connectivity index (χ4n) is 2.28. The van der Waals surface area contributed by atoms with Crippen LogP contribution in [0.2, 0.25) is 0 Å². The first-order valence-electron chi connectivity index (χ1n) is 6.60. The zero-order chi connectivity index (χ0) is 16.2. The van der Waals surface area contributed by atoms with E-state index in [1.165, 1.54) is 7.11 Å². The number of carbonyl (C=O) groups is 1. The van der Waals surface area contributed by atoms with Gasteiger partial charge in [0.05, 0.1) is 18.3 Å². The molecule has 1 rings (SSSR count). The minimum Gasteiger partial charge on any atom is -0.740 e. The molecule has 0 aliphatic carbocycles. The van der Waals surface area contributed by atoms with Crippen LogP contribution in [0.25, 0.3) is 0 Å². The number of ether oxygens (including phenoxy) is 1. The monoisotopic (exact) mass is 314 g/mol. The Morgan fingerprint density at radius 2 is 2.05 bits per heavy atom. The van der Waals surface area contributed by atoms with Crippen LogP contribution in [0, 0.1) is 6.92 Å². The molecule has 1 atom stereocenters. The average molecular weight is 314 g/mol. The van der Waals surface area contributed by atoms with Crippen LogP contribution in [0.3, 0.4) is 0 Å². The first-order valence-corrected chi connectivity index (χ1v) is 8.01. The van der Waals surface area contributed by atoms with Gasteiger partial charge < -0.3 is 9.29 Å². The van der Waals surface area contributed by atoms with Crippen LogP contribution in [0.1, 0.15) is 25.0 Å². The SMILES string of the molecule is CCc1cccc(C)c1N(C(=O)S(=O)(=O)[O-])C(C)COC. The summed E-state index contributed by atoms with van der Waals surface area (Å²) in [5.41, 5.74) is 2.00. The number of para-hydroxylation sites is 1. The second-order valence-electron chi connectivity index (χ2n) is 4.83. The number of hydrogen-bond donors (Lipinski definition) is 0. The van der Waals surface area contributed by atoms with Crippen molar-refractivity contribution in [2.24, 2.45) is 0 Å². The summed E-state index contributed by atoms with van der Waals surface area (Å²) in [5.74, 6) is 0. The molecule has 118 valence electrons. The highest BCUT2D eigenvalue weighted by atomic mass is 32.2. The smallest absolute Gasteiger partial charge is 0.331 e. The molecule has 0 heterocycles. The van der Waals surface area contributed by atoms with Crippen molar-refractivity contribution in [3.63, 3.8) is 0 Å². The van der Waals surface area contributed by atoms with Crippen molar-refractivity contribution in [2.75, 3.05) is 18.6 Å². The lowest BCUT2D eigenvalue weighted by Crippen LogP contribution is -2.44. The van der Waals surface area contributed by atoms with Crippen LogP contribution in [-0.2, 0) is 21.3 Å². The topological polar surface area (TPSA) is 86.7 Å². The van der Waals surface area contributed by atoms with Crippen LogP contribution in [0.5, 0.6) is 0 Å². The van der Waals surface area contributed by atoms with Gasteiger partial charge in [-0.15, -0.1) is 0 Å². The summed E-state index contributed by atoms with van der Waals surface area (Å²) >= 11 is 0. The molecule has 0 saturated carbocycles. The Hall–Kier alpha value is -1.44. The summed E-state index contributed by atoms with van der Waals surface area (Å²) in [7, 11) is -3.63. The van der Waals surface area contributed by atoms with Gasteiger partial charge in [0.2, 0.25) is 0 Å². The molecule has 0 N–H and O–H groups in total. The molecule has 21 heavy (non-hydrogen) atoms. The lowest BCUT2D eigenvalue weighted by Gasteiger charge is -2.32. The number of hydrogen-bond acceptors (Lipinski definition) is 5. The fraction of sp³-hybridized carbons (Fsp3) is 0.500. The van der Waals surface area contributed by atoms with Crippen LogP contribution >= 0.6 is 0 Å². The van der Waals surface area contributed by atoms with Crippen LogP contribution in [0.4, 0.5) is 10.5 Å². The minimum absolute atomic E-state index is 0.124. The molecular formula is C14H20NO5S-. The summed E-state index contributed by atoms with van der Waals surface area (Å²) in [4.78, 5) is 13.1. The lowest BCUT2D eigenvalue weighted by molar-refractivity contribution is 0.182. The van der Waals surface area contributed by atoms with Crippen molar-refractivity contribution in [3.8, 4) is 0 Å². The molecule has 0 aliphatic rings. The molecule has 0 spiro atoms. The maximum Gasteiger partial charge on any atom is 0.331 e. The number of aryl methyl sites for hydroxylation is 2. The summed E-state index contributed by atoms with van der Waals surface area (Å²) in [6.45, 7) is 5.43. The van der Waals surface area contributed by atoms with Crippen molar-refractivity contribution < 1.29 is 22.5 Å². The highest BCUT2D eigenvalue weighted by molar-refractivity contribution is 8.01. The number of anilines is 1. The van der Waals surface area contributed by atoms with Crippen molar-refractivity contribution >= 4 is 21.0 Å². The Kier molecular flexibility index (Phi) is 5.88. The molecule has 0 fully saturated rings. The molecule has 1 aromatic rings. The summed E-state index contributed by atoms with van der Waals surface area (Å²) in [6, 6.07) is 4.83. The molecule has 0 aliphatic heterocycles. The number of methoxy groups -OCH3 is 1. The number of nitrogens with zero attached hydrogens (tertiary/aromatic N) is 1. The normalized spacial score (nSPS) is 13.0. The summed E-state index contributed by atoms with van der Waals surface area (Å²) in [5, 5.41) is -1.45. The molecule has 7 heteroatoms. The quantitative estimate of drug-likeness (QED) is 0.776. The minimum atomic E-state index is -5.07. The number of benzene rings is 1. The fourth-order valence-corrected chi connectivity index (χ4v) is 2.79. The van der Waals surface area contributed by atoms with Gasteiger partial charge in [-0.05, 0) is 31.4 Å². The second kappa shape index (κ2) is 7.02. The van der Waals surface area contributed by atoms with Crippen LogP contribution in [0.15, 0.2) is 18.2 Å². The predicted molar refractivity (Wildman–Crippen MR) is 79.5 cm³/mol. The van der Waals surface area contributed by atoms with Gasteiger partial charge in [-0.25, -0.2) is 8.42 Å². The van der Waals surface area contributed by atoms with Gasteiger partial charge in [0, 0.05) is 7.11 Å². The summed E-state index contributed by atoms with van der Waals surface area (Å²) in [6.07, 6.45) is 0.611. The Balaban J connectivity index is 3.48. The van der Waals surface area contributed by atoms with E-state index in [4.69, 9.17) is 4.74 Å². The van der Waals surface area contributed by atoms with Crippen molar-refractivity contribution in [1.82, 2.24) is 0 Å². The van der Waals surface area contributed by atoms with Gasteiger partial charge in [-0.3, -0.25) is 9.69 Å². The molecule has 0 saturated heterocycles. The van der Waals surface area contributed by atoms with E-state index >= 15 is 0 Å². The molecule has 1 aromatic carbocycles. The van der Waals surface area contributed by atoms with Gasteiger partial charge in [0.25, 0.3) is 0 Å². The highest BCUT2D eigenvalue weighted by Gasteiger charge is 2.29. The maximum atomic E-state index is 12.1. The van der Waals surface area contributed by atoms with Crippen molar-refractivity contribution in [3.05, 3.63) is 29.3 Å². The van der Waals surface area contributed by atoms with Gasteiger partial charge in [-0.2, -0.15) is 0 Å². The number of carbonyl (C=O) groups excluding carboxylic acids is 1. The van der Waals surface area contributed by atoms with E-state index in [0.29, 0.717) is 12.1 Å². The van der Waals surface area contributed by atoms with Crippen LogP contribution in [-0.4, -0.2) is 38.0 Å². The Morgan fingerprint density at radius 3 is 2.52 bits per heavy atom. The molecule has 1 unspecified atom stereocenters. The van der Waals surface area contributed by atoms with E-state index in [0.717, 1.165) is 16.0 Å². The van der Waals surface area contributed by atoms with E-state index in [2.05, 4.69) is 0 Å². The number of amides is 1. The van der Waals surface area contributed by atoms with Crippen LogP contribution < -0.4 is 4.90 Å². The third-order valence-corrected chi connectivity index (χ3v) is 3.83. The van der Waals surface area contributed by atoms with E-state index in [1.807, 2.05) is 13.0 Å². The van der Waals surface area contributed by atoms with Gasteiger partial charge in [-0.1, -0.05) is 25.1 Å². The Morgan fingerprint density at radius 1 is 1.43 bits per heavy atom. The van der Waals surface area contributed by atoms with Crippen molar-refractivity contribution in [2.45, 2.75) is 33.2 Å². The second-order valence-corrected chi connectivity index (χ2v) is 6.09. The highest BCUT2D eigenvalue weighted by Crippen LogP contribution is 2.29. The molecular weight excluding hydrogens is 294 g/mol. The predicted octanol–water partition coefficient (Wildman–Crippen LogP) is 2.06. The third-order valence-electron chi connectivity index (χ3n) is 3.20. The molecule has 0 aromatic heterocycles. The van der Waals surface area contributed by atoms with Gasteiger partial charge in [0.1, 0.15) is 0 Å². The van der Waals surface area contributed by atoms with E-state index in [-0.39, 0.29) is 6.61 Å².